The average Bonchev–Trinajstić information content (AvgIpc) is 2.77. The minimum Gasteiger partial charge on any atom is -0.469 e. The van der Waals surface area contributed by atoms with E-state index in [-0.39, 0.29) is 0 Å². The van der Waals surface area contributed by atoms with Crippen molar-refractivity contribution in [1.29, 1.82) is 0 Å². The molecular weight excluding hydrogens is 266 g/mol. The number of ether oxygens (including phenoxy) is 1. The molecule has 0 aromatic carbocycles. The smallest absolute Gasteiger partial charge is 0.247 e. The van der Waals surface area contributed by atoms with Gasteiger partial charge in [0.2, 0.25) is 5.23 Å². The Kier molecular flexibility index (Phi) is 2.73. The Morgan fingerprint density at radius 1 is 0.950 bits per heavy atom. The van der Waals surface area contributed by atoms with Crippen molar-refractivity contribution in [2.24, 2.45) is 22.7 Å². The number of rotatable bonds is 1. The van der Waals surface area contributed by atoms with Crippen LogP contribution in [0.3, 0.4) is 0 Å². The van der Waals surface area contributed by atoms with Crippen LogP contribution in [0.2, 0.25) is 0 Å². The van der Waals surface area contributed by atoms with Gasteiger partial charge >= 0.3 is 0 Å². The highest BCUT2D eigenvalue weighted by Gasteiger charge is 2.52. The quantitative estimate of drug-likeness (QED) is 0.715. The lowest BCUT2D eigenvalue weighted by atomic mass is 9.53. The van der Waals surface area contributed by atoms with Crippen molar-refractivity contribution in [1.82, 2.24) is 0 Å². The Hall–Kier alpha value is -0.180. The fraction of sp³-hybridized carbons (Fsp3) is 0.941. The largest absolute Gasteiger partial charge is 0.469 e. The summed E-state index contributed by atoms with van der Waals surface area (Å²) in [6.07, 6.45) is 14.4. The van der Waals surface area contributed by atoms with Crippen molar-refractivity contribution in [3.63, 3.8) is 0 Å². The van der Waals surface area contributed by atoms with E-state index in [0.29, 0.717) is 11.6 Å². The van der Waals surface area contributed by atoms with Crippen LogP contribution in [0.1, 0.15) is 64.2 Å². The van der Waals surface area contributed by atoms with Gasteiger partial charge in [-0.1, -0.05) is 18.2 Å². The molecule has 0 radical (unpaired) electrons. The zero-order valence-corrected chi connectivity index (χ0v) is 13.0. The van der Waals surface area contributed by atoms with Gasteiger partial charge in [-0.3, -0.25) is 0 Å². The molecule has 2 nitrogen and oxygen atoms in total. The zero-order valence-electron chi connectivity index (χ0n) is 12.2. The van der Waals surface area contributed by atoms with Crippen LogP contribution in [0.15, 0.2) is 4.99 Å². The molecule has 20 heavy (non-hydrogen) atoms. The van der Waals surface area contributed by atoms with Crippen LogP contribution in [0.25, 0.3) is 0 Å². The maximum absolute atomic E-state index is 6.22. The van der Waals surface area contributed by atoms with E-state index >= 15 is 0 Å². The molecule has 0 aromatic heterocycles. The lowest BCUT2D eigenvalue weighted by Crippen LogP contribution is -2.49. The predicted octanol–water partition coefficient (Wildman–Crippen LogP) is 4.39. The Morgan fingerprint density at radius 2 is 1.60 bits per heavy atom. The van der Waals surface area contributed by atoms with Crippen LogP contribution < -0.4 is 0 Å². The number of fused-ring (bicyclic) bond motifs is 1. The highest BCUT2D eigenvalue weighted by Crippen LogP contribution is 2.57. The highest BCUT2D eigenvalue weighted by molar-refractivity contribution is 8.14. The van der Waals surface area contributed by atoms with Crippen LogP contribution in [0.4, 0.5) is 0 Å². The second-order valence-electron chi connectivity index (χ2n) is 8.12. The SMILES string of the molecule is C1CC[C@@H]2SC(=NC34CC5CC(CC(C5)C3)C4)O[C@H]2C1. The van der Waals surface area contributed by atoms with Crippen LogP contribution in [-0.2, 0) is 4.74 Å². The van der Waals surface area contributed by atoms with E-state index in [4.69, 9.17) is 9.73 Å². The molecule has 5 aliphatic carbocycles. The van der Waals surface area contributed by atoms with Gasteiger partial charge in [0, 0.05) is 0 Å². The summed E-state index contributed by atoms with van der Waals surface area (Å²) >= 11 is 1.97. The minimum atomic E-state index is 0.296. The average molecular weight is 291 g/mol. The van der Waals surface area contributed by atoms with E-state index in [2.05, 4.69) is 0 Å². The molecule has 0 spiro atoms. The first-order chi connectivity index (χ1) is 9.78. The lowest BCUT2D eigenvalue weighted by Gasteiger charge is -2.54. The van der Waals surface area contributed by atoms with E-state index in [1.54, 1.807) is 0 Å². The van der Waals surface area contributed by atoms with Gasteiger partial charge in [0.05, 0.1) is 10.8 Å². The molecule has 3 heteroatoms. The van der Waals surface area contributed by atoms with Gasteiger partial charge in [-0.25, -0.2) is 4.99 Å². The summed E-state index contributed by atoms with van der Waals surface area (Å²) in [6, 6.07) is 0. The van der Waals surface area contributed by atoms with Crippen LogP contribution in [0, 0.1) is 17.8 Å². The third kappa shape index (κ3) is 1.95. The van der Waals surface area contributed by atoms with E-state index in [1.807, 2.05) is 11.8 Å². The van der Waals surface area contributed by atoms with Crippen molar-refractivity contribution in [3.05, 3.63) is 0 Å². The monoisotopic (exact) mass is 291 g/mol. The first-order valence-electron chi connectivity index (χ1n) is 8.71. The van der Waals surface area contributed by atoms with Crippen LogP contribution >= 0.6 is 11.8 Å². The van der Waals surface area contributed by atoms with Crippen molar-refractivity contribution < 1.29 is 4.74 Å². The molecule has 1 heterocycles. The molecule has 1 saturated heterocycles. The molecule has 5 saturated carbocycles. The molecule has 0 unspecified atom stereocenters. The van der Waals surface area contributed by atoms with Gasteiger partial charge in [-0.2, -0.15) is 0 Å². The Labute approximate surface area is 126 Å². The molecule has 110 valence electrons. The van der Waals surface area contributed by atoms with Crippen LogP contribution in [-0.4, -0.2) is 22.1 Å². The molecule has 6 fully saturated rings. The maximum atomic E-state index is 6.22. The Bertz CT molecular complexity index is 395. The number of hydrogen-bond acceptors (Lipinski definition) is 3. The second-order valence-corrected chi connectivity index (χ2v) is 9.31. The topological polar surface area (TPSA) is 21.6 Å². The first kappa shape index (κ1) is 12.4. The summed E-state index contributed by atoms with van der Waals surface area (Å²) in [4.78, 5) is 5.25. The first-order valence-corrected chi connectivity index (χ1v) is 9.59. The highest BCUT2D eigenvalue weighted by atomic mass is 32.2. The number of aliphatic imine (C=N–C) groups is 1. The lowest BCUT2D eigenvalue weighted by molar-refractivity contribution is 0.000411. The van der Waals surface area contributed by atoms with Crippen molar-refractivity contribution in [2.75, 3.05) is 0 Å². The standard InChI is InChI=1S/C17H25NOS/c1-2-4-15-14(3-1)19-16(20-15)18-17-8-11-5-12(9-17)7-13(6-11)10-17/h11-15H,1-10H2/t11?,12?,13?,14-,15-,17?/m0/s1. The third-order valence-corrected chi connectivity index (χ3v) is 7.71. The predicted molar refractivity (Wildman–Crippen MR) is 83.1 cm³/mol. The molecule has 1 aliphatic heterocycles. The van der Waals surface area contributed by atoms with Crippen LogP contribution in [0.5, 0.6) is 0 Å². The van der Waals surface area contributed by atoms with E-state index in [0.717, 1.165) is 28.2 Å². The summed E-state index contributed by atoms with van der Waals surface area (Å²) in [5.41, 5.74) is 0.296. The summed E-state index contributed by atoms with van der Waals surface area (Å²) in [5.74, 6) is 2.96. The van der Waals surface area contributed by atoms with Gasteiger partial charge < -0.3 is 4.74 Å². The normalized spacial score (nSPS) is 55.0. The van der Waals surface area contributed by atoms with Crippen molar-refractivity contribution >= 4 is 17.0 Å². The van der Waals surface area contributed by atoms with E-state index in [1.165, 1.54) is 64.2 Å². The molecule has 0 aromatic rings. The number of nitrogens with zero attached hydrogens (tertiary/aromatic N) is 1. The van der Waals surface area contributed by atoms with Crippen molar-refractivity contribution in [2.45, 2.75) is 81.1 Å². The van der Waals surface area contributed by atoms with E-state index < -0.39 is 0 Å². The zero-order chi connectivity index (χ0) is 13.2. The summed E-state index contributed by atoms with van der Waals surface area (Å²) in [5, 5.41) is 1.79. The maximum Gasteiger partial charge on any atom is 0.247 e. The fourth-order valence-corrected chi connectivity index (χ4v) is 7.38. The molecule has 2 atom stereocenters. The molecule has 0 N–H and O–H groups in total. The fourth-order valence-electron chi connectivity index (χ4n) is 6.07. The number of thioether (sulfide) groups is 1. The molecule has 0 amide bonds. The second kappa shape index (κ2) is 4.41. The summed E-state index contributed by atoms with van der Waals surface area (Å²) < 4.78 is 6.22. The molecular formula is C17H25NOS. The van der Waals surface area contributed by atoms with Gasteiger partial charge in [0.15, 0.2) is 0 Å². The molecule has 6 rings (SSSR count). The Balaban J connectivity index is 1.39. The van der Waals surface area contributed by atoms with Gasteiger partial charge in [0.25, 0.3) is 0 Å². The summed E-state index contributed by atoms with van der Waals surface area (Å²) in [6.45, 7) is 0. The number of hydrogen-bond donors (Lipinski definition) is 0. The van der Waals surface area contributed by atoms with Gasteiger partial charge in [-0.05, 0) is 75.5 Å². The minimum absolute atomic E-state index is 0.296. The van der Waals surface area contributed by atoms with Crippen molar-refractivity contribution in [3.8, 4) is 0 Å². The summed E-state index contributed by atoms with van der Waals surface area (Å²) in [7, 11) is 0. The Morgan fingerprint density at radius 3 is 2.25 bits per heavy atom. The van der Waals surface area contributed by atoms with E-state index in [9.17, 15) is 0 Å². The van der Waals surface area contributed by atoms with Gasteiger partial charge in [0.1, 0.15) is 6.10 Å². The van der Waals surface area contributed by atoms with Gasteiger partial charge in [-0.15, -0.1) is 0 Å². The third-order valence-electron chi connectivity index (χ3n) is 6.48. The molecule has 6 aliphatic rings. The molecule has 4 bridgehead atoms.